The monoisotopic (exact) mass is 264 g/mol. The third-order valence-corrected chi connectivity index (χ3v) is 2.89. The number of aromatic nitrogens is 3. The van der Waals surface area contributed by atoms with Gasteiger partial charge in [-0.15, -0.1) is 0 Å². The van der Waals surface area contributed by atoms with Crippen molar-refractivity contribution in [2.24, 2.45) is 0 Å². The van der Waals surface area contributed by atoms with Crippen LogP contribution in [0.2, 0.25) is 0 Å². The quantitative estimate of drug-likeness (QED) is 0.772. The molecule has 98 valence electrons. The molecule has 5 heteroatoms. The van der Waals surface area contributed by atoms with E-state index in [-0.39, 0.29) is 5.91 Å². The fraction of sp³-hybridized carbons (Fsp3) is 0.0667. The summed E-state index contributed by atoms with van der Waals surface area (Å²) in [5, 5.41) is 3.81. The molecule has 1 amide bonds. The van der Waals surface area contributed by atoms with Crippen LogP contribution in [0.1, 0.15) is 16.3 Å². The van der Waals surface area contributed by atoms with Gasteiger partial charge in [0.05, 0.1) is 11.2 Å². The van der Waals surface area contributed by atoms with Crippen molar-refractivity contribution >= 4 is 22.5 Å². The number of hydrogen-bond acceptors (Lipinski definition) is 4. The molecular formula is C15H12N4O. The zero-order chi connectivity index (χ0) is 13.9. The van der Waals surface area contributed by atoms with Crippen molar-refractivity contribution in [2.75, 3.05) is 5.32 Å². The van der Waals surface area contributed by atoms with E-state index in [0.29, 0.717) is 17.2 Å². The maximum Gasteiger partial charge on any atom is 0.274 e. The Morgan fingerprint density at radius 3 is 2.75 bits per heavy atom. The highest BCUT2D eigenvalue weighted by atomic mass is 16.1. The van der Waals surface area contributed by atoms with E-state index in [1.54, 1.807) is 25.4 Å². The zero-order valence-corrected chi connectivity index (χ0v) is 10.9. The number of anilines is 1. The van der Waals surface area contributed by atoms with Crippen LogP contribution >= 0.6 is 0 Å². The van der Waals surface area contributed by atoms with Crippen LogP contribution in [0.4, 0.5) is 5.69 Å². The van der Waals surface area contributed by atoms with Gasteiger partial charge in [-0.25, -0.2) is 9.97 Å². The predicted molar refractivity (Wildman–Crippen MR) is 76.5 cm³/mol. The number of fused-ring (bicyclic) bond motifs is 1. The van der Waals surface area contributed by atoms with Gasteiger partial charge in [-0.1, -0.05) is 18.2 Å². The Hall–Kier alpha value is -2.82. The molecule has 0 bridgehead atoms. The lowest BCUT2D eigenvalue weighted by atomic mass is 10.2. The van der Waals surface area contributed by atoms with E-state index in [1.807, 2.05) is 30.3 Å². The number of amides is 1. The number of nitrogens with zero attached hydrogens (tertiary/aromatic N) is 3. The molecule has 0 saturated heterocycles. The van der Waals surface area contributed by atoms with Gasteiger partial charge < -0.3 is 5.32 Å². The van der Waals surface area contributed by atoms with Crippen LogP contribution in [0.25, 0.3) is 10.9 Å². The van der Waals surface area contributed by atoms with Crippen LogP contribution in [-0.4, -0.2) is 20.9 Å². The molecule has 0 aliphatic rings. The third-order valence-electron chi connectivity index (χ3n) is 2.89. The average Bonchev–Trinajstić information content (AvgIpc) is 2.47. The molecule has 3 aromatic rings. The average molecular weight is 264 g/mol. The molecule has 1 N–H and O–H groups in total. The molecule has 0 aliphatic carbocycles. The van der Waals surface area contributed by atoms with E-state index in [0.717, 1.165) is 10.9 Å². The zero-order valence-electron chi connectivity index (χ0n) is 10.9. The van der Waals surface area contributed by atoms with Gasteiger partial charge in [-0.2, -0.15) is 0 Å². The topological polar surface area (TPSA) is 67.8 Å². The standard InChI is InChI=1S/C15H12N4O/c1-10-16-9-7-13(18-10)15(20)19-12-6-2-4-11-5-3-8-17-14(11)12/h2-9H,1H3,(H,19,20). The number of benzene rings is 1. The predicted octanol–water partition coefficient (Wildman–Crippen LogP) is 2.59. The Morgan fingerprint density at radius 2 is 1.90 bits per heavy atom. The molecule has 0 atom stereocenters. The van der Waals surface area contributed by atoms with Crippen LogP contribution in [0.5, 0.6) is 0 Å². The van der Waals surface area contributed by atoms with E-state index < -0.39 is 0 Å². The van der Waals surface area contributed by atoms with Gasteiger partial charge in [-0.3, -0.25) is 9.78 Å². The molecule has 1 aromatic carbocycles. The highest BCUT2D eigenvalue weighted by Crippen LogP contribution is 2.20. The highest BCUT2D eigenvalue weighted by Gasteiger charge is 2.10. The van der Waals surface area contributed by atoms with Gasteiger partial charge in [0.1, 0.15) is 11.5 Å². The molecule has 3 rings (SSSR count). The van der Waals surface area contributed by atoms with Crippen molar-refractivity contribution in [3.05, 3.63) is 60.3 Å². The first kappa shape index (κ1) is 12.2. The lowest BCUT2D eigenvalue weighted by Crippen LogP contribution is -2.14. The van der Waals surface area contributed by atoms with Crippen molar-refractivity contribution in [3.63, 3.8) is 0 Å². The van der Waals surface area contributed by atoms with Crippen LogP contribution in [0, 0.1) is 6.92 Å². The molecule has 2 aromatic heterocycles. The summed E-state index contributed by atoms with van der Waals surface area (Å²) in [6.45, 7) is 1.75. The summed E-state index contributed by atoms with van der Waals surface area (Å²) in [6, 6.07) is 11.0. The first-order valence-corrected chi connectivity index (χ1v) is 6.19. The van der Waals surface area contributed by atoms with Gasteiger partial charge in [0.15, 0.2) is 0 Å². The molecule has 20 heavy (non-hydrogen) atoms. The molecule has 0 unspecified atom stereocenters. The minimum Gasteiger partial charge on any atom is -0.319 e. The highest BCUT2D eigenvalue weighted by molar-refractivity contribution is 6.07. The Kier molecular flexibility index (Phi) is 3.09. The van der Waals surface area contributed by atoms with E-state index in [4.69, 9.17) is 0 Å². The molecule has 2 heterocycles. The van der Waals surface area contributed by atoms with E-state index >= 15 is 0 Å². The summed E-state index contributed by atoms with van der Waals surface area (Å²) in [6.07, 6.45) is 3.27. The van der Waals surface area contributed by atoms with E-state index in [1.165, 1.54) is 0 Å². The van der Waals surface area contributed by atoms with Gasteiger partial charge in [-0.05, 0) is 25.1 Å². The van der Waals surface area contributed by atoms with Crippen molar-refractivity contribution in [1.82, 2.24) is 15.0 Å². The fourth-order valence-corrected chi connectivity index (χ4v) is 1.97. The maximum atomic E-state index is 12.2. The number of aryl methyl sites for hydroxylation is 1. The van der Waals surface area contributed by atoms with Crippen molar-refractivity contribution in [3.8, 4) is 0 Å². The molecule has 0 spiro atoms. The first-order valence-electron chi connectivity index (χ1n) is 6.19. The molecule has 5 nitrogen and oxygen atoms in total. The van der Waals surface area contributed by atoms with Gasteiger partial charge >= 0.3 is 0 Å². The Morgan fingerprint density at radius 1 is 1.05 bits per heavy atom. The van der Waals surface area contributed by atoms with Crippen molar-refractivity contribution in [2.45, 2.75) is 6.92 Å². The number of para-hydroxylation sites is 1. The van der Waals surface area contributed by atoms with Gasteiger partial charge in [0.25, 0.3) is 5.91 Å². The lowest BCUT2D eigenvalue weighted by molar-refractivity contribution is 0.102. The summed E-state index contributed by atoms with van der Waals surface area (Å²) in [5.41, 5.74) is 1.77. The minimum absolute atomic E-state index is 0.270. The molecule has 0 saturated carbocycles. The smallest absolute Gasteiger partial charge is 0.274 e. The molecular weight excluding hydrogens is 252 g/mol. The summed E-state index contributed by atoms with van der Waals surface area (Å²) < 4.78 is 0. The van der Waals surface area contributed by atoms with Crippen LogP contribution in [0.15, 0.2) is 48.8 Å². The van der Waals surface area contributed by atoms with Crippen molar-refractivity contribution in [1.29, 1.82) is 0 Å². The normalized spacial score (nSPS) is 10.4. The second kappa shape index (κ2) is 5.05. The van der Waals surface area contributed by atoms with Crippen LogP contribution < -0.4 is 5.32 Å². The number of hydrogen-bond donors (Lipinski definition) is 1. The van der Waals surface area contributed by atoms with Crippen LogP contribution in [-0.2, 0) is 0 Å². The number of carbonyl (C=O) groups excluding carboxylic acids is 1. The minimum atomic E-state index is -0.270. The summed E-state index contributed by atoms with van der Waals surface area (Å²) in [4.78, 5) is 24.6. The Bertz CT molecular complexity index is 780. The number of carbonyl (C=O) groups is 1. The number of rotatable bonds is 2. The second-order valence-electron chi connectivity index (χ2n) is 4.32. The van der Waals surface area contributed by atoms with Crippen molar-refractivity contribution < 1.29 is 4.79 Å². The second-order valence-corrected chi connectivity index (χ2v) is 4.32. The number of nitrogens with one attached hydrogen (secondary N) is 1. The van der Waals surface area contributed by atoms with Crippen LogP contribution in [0.3, 0.4) is 0 Å². The lowest BCUT2D eigenvalue weighted by Gasteiger charge is -2.07. The molecule has 0 radical (unpaired) electrons. The Balaban J connectivity index is 1.95. The summed E-state index contributed by atoms with van der Waals surface area (Å²) in [5.74, 6) is 0.294. The Labute approximate surface area is 115 Å². The van der Waals surface area contributed by atoms with Gasteiger partial charge in [0.2, 0.25) is 0 Å². The fourth-order valence-electron chi connectivity index (χ4n) is 1.97. The third kappa shape index (κ3) is 2.33. The summed E-state index contributed by atoms with van der Waals surface area (Å²) in [7, 11) is 0. The van der Waals surface area contributed by atoms with E-state index in [9.17, 15) is 4.79 Å². The molecule has 0 fully saturated rings. The first-order chi connectivity index (χ1) is 9.74. The SMILES string of the molecule is Cc1nccc(C(=O)Nc2cccc3cccnc23)n1. The number of pyridine rings is 1. The summed E-state index contributed by atoms with van der Waals surface area (Å²) >= 11 is 0. The van der Waals surface area contributed by atoms with E-state index in [2.05, 4.69) is 20.3 Å². The largest absolute Gasteiger partial charge is 0.319 e. The maximum absolute atomic E-state index is 12.2. The van der Waals surface area contributed by atoms with Gasteiger partial charge in [0, 0.05) is 17.8 Å². The molecule has 0 aliphatic heterocycles.